The van der Waals surface area contributed by atoms with Crippen molar-refractivity contribution in [2.45, 2.75) is 31.7 Å². The van der Waals surface area contributed by atoms with Crippen LogP contribution in [-0.2, 0) is 4.79 Å². The molecule has 0 spiro atoms. The quantitative estimate of drug-likeness (QED) is 0.663. The van der Waals surface area contributed by atoms with E-state index in [4.69, 9.17) is 5.11 Å². The molecule has 1 aliphatic carbocycles. The molecule has 0 aliphatic heterocycles. The number of fused-ring (bicyclic) bond motifs is 1. The molecule has 1 saturated carbocycles. The predicted octanol–water partition coefficient (Wildman–Crippen LogP) is 3.20. The monoisotopic (exact) mass is 315 g/mol. The van der Waals surface area contributed by atoms with Crippen LogP contribution in [0.15, 0.2) is 30.6 Å². The molecular formula is C16H17N3O4. The summed E-state index contributed by atoms with van der Waals surface area (Å²) in [6, 6.07) is 5.13. The molecule has 1 aliphatic rings. The Labute approximate surface area is 132 Å². The lowest BCUT2D eigenvalue weighted by Gasteiger charge is -2.28. The van der Waals surface area contributed by atoms with Gasteiger partial charge >= 0.3 is 5.97 Å². The third kappa shape index (κ3) is 3.08. The van der Waals surface area contributed by atoms with Gasteiger partial charge in [0.2, 0.25) is 0 Å². The van der Waals surface area contributed by atoms with Crippen molar-refractivity contribution in [1.29, 1.82) is 0 Å². The molecule has 2 N–H and O–H groups in total. The lowest BCUT2D eigenvalue weighted by atomic mass is 9.86. The highest BCUT2D eigenvalue weighted by atomic mass is 16.6. The molecule has 0 unspecified atom stereocenters. The van der Waals surface area contributed by atoms with Gasteiger partial charge in [-0.1, -0.05) is 0 Å². The fraction of sp³-hybridized carbons (Fsp3) is 0.375. The van der Waals surface area contributed by atoms with E-state index in [0.717, 1.165) is 23.9 Å². The molecular weight excluding hydrogens is 298 g/mol. The minimum atomic E-state index is -0.727. The van der Waals surface area contributed by atoms with Crippen LogP contribution in [-0.4, -0.2) is 27.0 Å². The van der Waals surface area contributed by atoms with E-state index in [1.54, 1.807) is 18.3 Å². The molecule has 7 heteroatoms. The zero-order chi connectivity index (χ0) is 16.4. The molecule has 120 valence electrons. The molecule has 0 amide bonds. The molecule has 1 heterocycles. The zero-order valence-corrected chi connectivity index (χ0v) is 12.4. The normalized spacial score (nSPS) is 21.0. The SMILES string of the molecule is O=C(O)C1CCC(Nc2ccc([N+](=O)[O-])c3cnccc23)CC1. The van der Waals surface area contributed by atoms with Crippen molar-refractivity contribution in [3.05, 3.63) is 40.7 Å². The van der Waals surface area contributed by atoms with Crippen LogP contribution in [0.5, 0.6) is 0 Å². The molecule has 2 aromatic rings. The number of aliphatic carboxylic acids is 1. The summed E-state index contributed by atoms with van der Waals surface area (Å²) in [6.45, 7) is 0. The van der Waals surface area contributed by atoms with Crippen molar-refractivity contribution in [3.8, 4) is 0 Å². The first kappa shape index (κ1) is 15.2. The number of carbonyl (C=O) groups is 1. The lowest BCUT2D eigenvalue weighted by Crippen LogP contribution is -2.29. The number of hydrogen-bond acceptors (Lipinski definition) is 5. The van der Waals surface area contributed by atoms with E-state index in [0.29, 0.717) is 18.2 Å². The van der Waals surface area contributed by atoms with Gasteiger partial charge in [-0.15, -0.1) is 0 Å². The van der Waals surface area contributed by atoms with Crippen molar-refractivity contribution in [2.24, 2.45) is 5.92 Å². The second-order valence-electron chi connectivity index (χ2n) is 5.84. The van der Waals surface area contributed by atoms with Crippen LogP contribution >= 0.6 is 0 Å². The molecule has 0 radical (unpaired) electrons. The smallest absolute Gasteiger partial charge is 0.306 e. The van der Waals surface area contributed by atoms with Crippen LogP contribution in [0.1, 0.15) is 25.7 Å². The van der Waals surface area contributed by atoms with Crippen molar-refractivity contribution < 1.29 is 14.8 Å². The number of aromatic nitrogens is 1. The van der Waals surface area contributed by atoms with Crippen molar-refractivity contribution in [3.63, 3.8) is 0 Å². The van der Waals surface area contributed by atoms with Gasteiger partial charge in [0.05, 0.1) is 16.2 Å². The fourth-order valence-corrected chi connectivity index (χ4v) is 3.16. The number of nitro benzene ring substituents is 1. The molecule has 1 aromatic heterocycles. The lowest BCUT2D eigenvalue weighted by molar-refractivity contribution is -0.383. The van der Waals surface area contributed by atoms with Crippen molar-refractivity contribution >= 4 is 28.1 Å². The minimum absolute atomic E-state index is 0.0354. The molecule has 1 aromatic carbocycles. The van der Waals surface area contributed by atoms with E-state index in [1.165, 1.54) is 12.3 Å². The van der Waals surface area contributed by atoms with Crippen LogP contribution in [0.2, 0.25) is 0 Å². The highest BCUT2D eigenvalue weighted by Gasteiger charge is 2.26. The highest BCUT2D eigenvalue weighted by molar-refractivity contribution is 5.99. The maximum absolute atomic E-state index is 11.1. The van der Waals surface area contributed by atoms with Gasteiger partial charge in [-0.3, -0.25) is 19.9 Å². The Kier molecular flexibility index (Phi) is 4.10. The van der Waals surface area contributed by atoms with Crippen molar-refractivity contribution in [1.82, 2.24) is 4.98 Å². The largest absolute Gasteiger partial charge is 0.481 e. The summed E-state index contributed by atoms with van der Waals surface area (Å²) in [7, 11) is 0. The van der Waals surface area contributed by atoms with Gasteiger partial charge in [-0.25, -0.2) is 0 Å². The second-order valence-corrected chi connectivity index (χ2v) is 5.84. The van der Waals surface area contributed by atoms with E-state index in [-0.39, 0.29) is 17.6 Å². The van der Waals surface area contributed by atoms with E-state index >= 15 is 0 Å². The number of non-ortho nitro benzene ring substituents is 1. The number of nitrogens with one attached hydrogen (secondary N) is 1. The average molecular weight is 315 g/mol. The zero-order valence-electron chi connectivity index (χ0n) is 12.4. The van der Waals surface area contributed by atoms with Gasteiger partial charge in [0.1, 0.15) is 0 Å². The number of nitro groups is 1. The maximum Gasteiger partial charge on any atom is 0.306 e. The van der Waals surface area contributed by atoms with Gasteiger partial charge in [0.15, 0.2) is 0 Å². The maximum atomic E-state index is 11.1. The van der Waals surface area contributed by atoms with Crippen LogP contribution in [0.3, 0.4) is 0 Å². The summed E-state index contributed by atoms with van der Waals surface area (Å²) < 4.78 is 0. The first-order chi connectivity index (χ1) is 11.1. The van der Waals surface area contributed by atoms with Crippen LogP contribution in [0.25, 0.3) is 10.8 Å². The number of carboxylic acid groups (broad SMARTS) is 1. The molecule has 0 bridgehead atoms. The number of rotatable bonds is 4. The Hall–Kier alpha value is -2.70. The number of benzene rings is 1. The molecule has 0 atom stereocenters. The first-order valence-corrected chi connectivity index (χ1v) is 7.56. The van der Waals surface area contributed by atoms with Crippen LogP contribution in [0.4, 0.5) is 11.4 Å². The van der Waals surface area contributed by atoms with Crippen molar-refractivity contribution in [2.75, 3.05) is 5.32 Å². The highest BCUT2D eigenvalue weighted by Crippen LogP contribution is 2.33. The Balaban J connectivity index is 1.83. The van der Waals surface area contributed by atoms with Gasteiger partial charge in [0, 0.05) is 35.6 Å². The van der Waals surface area contributed by atoms with Gasteiger partial charge in [-0.05, 0) is 37.8 Å². The average Bonchev–Trinajstić information content (AvgIpc) is 2.55. The molecule has 1 fully saturated rings. The Bertz CT molecular complexity index is 754. The third-order valence-electron chi connectivity index (χ3n) is 4.43. The molecule has 3 rings (SSSR count). The predicted molar refractivity (Wildman–Crippen MR) is 85.4 cm³/mol. The van der Waals surface area contributed by atoms with E-state index in [1.807, 2.05) is 0 Å². The van der Waals surface area contributed by atoms with E-state index in [9.17, 15) is 14.9 Å². The summed E-state index contributed by atoms with van der Waals surface area (Å²) in [5.41, 5.74) is 0.861. The summed E-state index contributed by atoms with van der Waals surface area (Å²) in [4.78, 5) is 25.7. The summed E-state index contributed by atoms with van der Waals surface area (Å²) in [6.07, 6.45) is 5.97. The number of pyridine rings is 1. The third-order valence-corrected chi connectivity index (χ3v) is 4.43. The Morgan fingerprint density at radius 2 is 1.96 bits per heavy atom. The van der Waals surface area contributed by atoms with Crippen LogP contribution in [0, 0.1) is 16.0 Å². The first-order valence-electron chi connectivity index (χ1n) is 7.56. The number of anilines is 1. The van der Waals surface area contributed by atoms with Gasteiger partial charge < -0.3 is 10.4 Å². The Morgan fingerprint density at radius 3 is 2.61 bits per heavy atom. The van der Waals surface area contributed by atoms with Gasteiger partial charge in [-0.2, -0.15) is 0 Å². The summed E-state index contributed by atoms with van der Waals surface area (Å²) >= 11 is 0. The molecule has 23 heavy (non-hydrogen) atoms. The fourth-order valence-electron chi connectivity index (χ4n) is 3.16. The number of carboxylic acids is 1. The molecule has 0 saturated heterocycles. The minimum Gasteiger partial charge on any atom is -0.481 e. The molecule has 7 nitrogen and oxygen atoms in total. The topological polar surface area (TPSA) is 105 Å². The second kappa shape index (κ2) is 6.20. The number of hydrogen-bond donors (Lipinski definition) is 2. The number of nitrogens with zero attached hydrogens (tertiary/aromatic N) is 2. The van der Waals surface area contributed by atoms with E-state index in [2.05, 4.69) is 10.3 Å². The van der Waals surface area contributed by atoms with E-state index < -0.39 is 10.9 Å². The Morgan fingerprint density at radius 1 is 1.22 bits per heavy atom. The standard InChI is InChI=1S/C16H17N3O4/c20-16(21)10-1-3-11(4-2-10)18-14-5-6-15(19(22)23)13-9-17-8-7-12(13)14/h5-11,18H,1-4H2,(H,20,21). The summed E-state index contributed by atoms with van der Waals surface area (Å²) in [5, 5.41) is 24.8. The van der Waals surface area contributed by atoms with Gasteiger partial charge in [0.25, 0.3) is 5.69 Å². The summed E-state index contributed by atoms with van der Waals surface area (Å²) in [5.74, 6) is -0.985. The van der Waals surface area contributed by atoms with Crippen LogP contribution < -0.4 is 5.32 Å².